The predicted octanol–water partition coefficient (Wildman–Crippen LogP) is 6.92. The van der Waals surface area contributed by atoms with Gasteiger partial charge in [0.2, 0.25) is 5.91 Å². The molecule has 2 aromatic carbocycles. The molecule has 3 heterocycles. The number of carbonyl (C=O) groups is 2. The summed E-state index contributed by atoms with van der Waals surface area (Å²) in [5.74, 6) is 2.32. The Morgan fingerprint density at radius 1 is 0.938 bits per heavy atom. The lowest BCUT2D eigenvalue weighted by atomic mass is 9.67. The van der Waals surface area contributed by atoms with E-state index in [1.54, 1.807) is 27.6 Å². The number of unbranched alkanes of at least 4 members (excludes halogenated alkanes) is 6. The normalized spacial score (nSPS) is 23.6. The lowest BCUT2D eigenvalue weighted by Gasteiger charge is -2.45. The molecule has 1 unspecified atom stereocenters. The first-order chi connectivity index (χ1) is 23.4. The summed E-state index contributed by atoms with van der Waals surface area (Å²) in [5, 5.41) is 0. The number of nitrogens with zero attached hydrogens (tertiary/aromatic N) is 2. The van der Waals surface area contributed by atoms with Gasteiger partial charge in [-0.25, -0.2) is 4.79 Å². The van der Waals surface area contributed by atoms with E-state index in [2.05, 4.69) is 34.9 Å². The van der Waals surface area contributed by atoms with Crippen LogP contribution in [0.25, 0.3) is 0 Å². The van der Waals surface area contributed by atoms with Crippen molar-refractivity contribution in [2.75, 3.05) is 59.6 Å². The number of esters is 1. The van der Waals surface area contributed by atoms with Crippen LogP contribution in [0.3, 0.4) is 0 Å². The number of anilines is 1. The first-order valence-electron chi connectivity index (χ1n) is 17.7. The number of ether oxygens (including phenoxy) is 5. The molecule has 2 aromatic rings. The zero-order valence-electron chi connectivity index (χ0n) is 29.5. The second kappa shape index (κ2) is 16.6. The minimum atomic E-state index is -0.582. The molecule has 2 saturated heterocycles. The van der Waals surface area contributed by atoms with Gasteiger partial charge in [0.1, 0.15) is 5.75 Å². The number of benzene rings is 2. The van der Waals surface area contributed by atoms with Gasteiger partial charge in [0, 0.05) is 30.9 Å². The van der Waals surface area contributed by atoms with Crippen molar-refractivity contribution in [1.29, 1.82) is 0 Å². The Balaban J connectivity index is 1.13. The third-order valence-electron chi connectivity index (χ3n) is 10.9. The van der Waals surface area contributed by atoms with Gasteiger partial charge in [0.05, 0.1) is 52.3 Å². The molecule has 9 heteroatoms. The smallest absolute Gasteiger partial charge is 0.337 e. The van der Waals surface area contributed by atoms with Crippen LogP contribution in [-0.2, 0) is 24.5 Å². The molecule has 0 N–H and O–H groups in total. The first kappa shape index (κ1) is 35.6. The number of hydrogen-bond donors (Lipinski definition) is 0. The highest BCUT2D eigenvalue weighted by Crippen LogP contribution is 2.55. The van der Waals surface area contributed by atoms with E-state index in [9.17, 15) is 9.59 Å². The fraction of sp³-hybridized carbons (Fsp3) is 0.590. The fourth-order valence-electron chi connectivity index (χ4n) is 8.40. The molecular formula is C39H54N2O7. The van der Waals surface area contributed by atoms with E-state index in [0.29, 0.717) is 29.6 Å². The van der Waals surface area contributed by atoms with Crippen molar-refractivity contribution in [1.82, 2.24) is 4.90 Å². The van der Waals surface area contributed by atoms with Crippen LogP contribution in [0.4, 0.5) is 5.69 Å². The van der Waals surface area contributed by atoms with Crippen LogP contribution in [0.1, 0.15) is 76.7 Å². The molecule has 4 atom stereocenters. The second-order valence-electron chi connectivity index (χ2n) is 13.4. The van der Waals surface area contributed by atoms with Gasteiger partial charge < -0.3 is 28.6 Å². The number of piperidine rings is 1. The number of amides is 1. The predicted molar refractivity (Wildman–Crippen MR) is 187 cm³/mol. The van der Waals surface area contributed by atoms with Crippen molar-refractivity contribution >= 4 is 17.6 Å². The van der Waals surface area contributed by atoms with Gasteiger partial charge in [0.15, 0.2) is 11.5 Å². The maximum absolute atomic E-state index is 14.6. The summed E-state index contributed by atoms with van der Waals surface area (Å²) in [5.41, 5.74) is 2.21. The van der Waals surface area contributed by atoms with Crippen LogP contribution >= 0.6 is 0 Å². The summed E-state index contributed by atoms with van der Waals surface area (Å²) < 4.78 is 27.1. The van der Waals surface area contributed by atoms with Gasteiger partial charge in [-0.05, 0) is 67.8 Å². The molecule has 0 bridgehead atoms. The van der Waals surface area contributed by atoms with Gasteiger partial charge in [-0.15, -0.1) is 0 Å². The van der Waals surface area contributed by atoms with Crippen molar-refractivity contribution in [3.8, 4) is 17.2 Å². The van der Waals surface area contributed by atoms with Gasteiger partial charge in [-0.3, -0.25) is 9.69 Å². The maximum Gasteiger partial charge on any atom is 0.337 e. The number of fused-ring (bicyclic) bond motifs is 4. The number of para-hydroxylation sites is 1. The molecule has 9 nitrogen and oxygen atoms in total. The molecule has 1 amide bonds. The molecule has 1 spiro atoms. The van der Waals surface area contributed by atoms with E-state index in [-0.39, 0.29) is 23.8 Å². The molecule has 5 rings (SSSR count). The van der Waals surface area contributed by atoms with Gasteiger partial charge in [0.25, 0.3) is 0 Å². The van der Waals surface area contributed by atoms with E-state index < -0.39 is 5.41 Å². The number of hydrogen-bond acceptors (Lipinski definition) is 8. The molecule has 0 saturated carbocycles. The molecule has 262 valence electrons. The van der Waals surface area contributed by atoms with E-state index in [1.165, 1.54) is 20.0 Å². The van der Waals surface area contributed by atoms with Crippen LogP contribution in [0.2, 0.25) is 0 Å². The van der Waals surface area contributed by atoms with Crippen molar-refractivity contribution in [2.45, 2.75) is 82.6 Å². The third-order valence-corrected chi connectivity index (χ3v) is 10.9. The Labute approximate surface area is 286 Å². The summed E-state index contributed by atoms with van der Waals surface area (Å²) in [7, 11) is 6.25. The Morgan fingerprint density at radius 3 is 2.38 bits per heavy atom. The maximum atomic E-state index is 14.6. The lowest BCUT2D eigenvalue weighted by Crippen LogP contribution is -2.55. The van der Waals surface area contributed by atoms with Crippen molar-refractivity contribution in [2.24, 2.45) is 11.8 Å². The molecular weight excluding hydrogens is 608 g/mol. The highest BCUT2D eigenvalue weighted by Gasteiger charge is 2.62. The standard InChI is InChI=1S/C39H54N2O7/c1-6-28-26-40-22-20-39(36(40)25-30(28)31(27-44-2)37(42)47-5)32-16-12-13-17-33(32)41(38(39)43)21-14-10-8-7-9-11-15-23-48-29-18-19-34(45-3)35(24-29)46-4/h12-13,16-19,24,27-28,30,36H,6-11,14-15,20-23,25-26H2,1-5H3/b31-27+/t28-,30-,36?,39+/m0/s1. The summed E-state index contributed by atoms with van der Waals surface area (Å²) in [6.07, 6.45) is 11.8. The molecule has 3 aliphatic rings. The second-order valence-corrected chi connectivity index (χ2v) is 13.4. The lowest BCUT2D eigenvalue weighted by molar-refractivity contribution is -0.137. The SMILES string of the molecule is CC[C@H]1CN2CC[C@]3(C(=O)N(CCCCCCCCCOc4ccc(OC)c(OC)c4)c4ccccc43)C2C[C@@H]1/C(=C\OC)C(=O)OC. The fourth-order valence-corrected chi connectivity index (χ4v) is 8.40. The van der Waals surface area contributed by atoms with Gasteiger partial charge in [-0.1, -0.05) is 63.6 Å². The quantitative estimate of drug-likeness (QED) is 0.0781. The van der Waals surface area contributed by atoms with E-state index in [1.807, 2.05) is 24.3 Å². The number of rotatable bonds is 17. The summed E-state index contributed by atoms with van der Waals surface area (Å²) in [4.78, 5) is 32.0. The molecule has 3 aliphatic heterocycles. The first-order valence-corrected chi connectivity index (χ1v) is 17.7. The molecule has 0 radical (unpaired) electrons. The summed E-state index contributed by atoms with van der Waals surface area (Å²) >= 11 is 0. The van der Waals surface area contributed by atoms with E-state index in [0.717, 1.165) is 88.0 Å². The van der Waals surface area contributed by atoms with Crippen molar-refractivity contribution in [3.63, 3.8) is 0 Å². The average Bonchev–Trinajstić information content (AvgIpc) is 3.61. The molecule has 2 fully saturated rings. The summed E-state index contributed by atoms with van der Waals surface area (Å²) in [6, 6.07) is 14.1. The zero-order chi connectivity index (χ0) is 34.1. The largest absolute Gasteiger partial charge is 0.504 e. The Bertz CT molecular complexity index is 1430. The van der Waals surface area contributed by atoms with Gasteiger partial charge >= 0.3 is 5.97 Å². The zero-order valence-corrected chi connectivity index (χ0v) is 29.5. The Kier molecular flexibility index (Phi) is 12.3. The highest BCUT2D eigenvalue weighted by atomic mass is 16.5. The minimum Gasteiger partial charge on any atom is -0.504 e. The molecule has 48 heavy (non-hydrogen) atoms. The monoisotopic (exact) mass is 662 g/mol. The van der Waals surface area contributed by atoms with Crippen LogP contribution in [0.15, 0.2) is 54.3 Å². The highest BCUT2D eigenvalue weighted by molar-refractivity contribution is 6.09. The molecule has 0 aromatic heterocycles. The Morgan fingerprint density at radius 2 is 1.67 bits per heavy atom. The summed E-state index contributed by atoms with van der Waals surface area (Å²) in [6.45, 7) is 5.35. The van der Waals surface area contributed by atoms with Crippen LogP contribution in [0.5, 0.6) is 17.2 Å². The average molecular weight is 663 g/mol. The molecule has 0 aliphatic carbocycles. The van der Waals surface area contributed by atoms with Crippen molar-refractivity contribution < 1.29 is 33.3 Å². The van der Waals surface area contributed by atoms with Crippen LogP contribution in [-0.4, -0.2) is 77.5 Å². The topological polar surface area (TPSA) is 86.8 Å². The number of carbonyl (C=O) groups excluding carboxylic acids is 2. The van der Waals surface area contributed by atoms with E-state index >= 15 is 0 Å². The Hall–Kier alpha value is -3.72. The minimum absolute atomic E-state index is 0.0230. The third kappa shape index (κ3) is 7.16. The van der Waals surface area contributed by atoms with Crippen LogP contribution in [0, 0.1) is 11.8 Å². The van der Waals surface area contributed by atoms with Crippen LogP contribution < -0.4 is 19.1 Å². The van der Waals surface area contributed by atoms with Crippen molar-refractivity contribution in [3.05, 3.63) is 59.9 Å². The van der Waals surface area contributed by atoms with E-state index in [4.69, 9.17) is 23.7 Å². The number of methoxy groups -OCH3 is 4. The van der Waals surface area contributed by atoms with Gasteiger partial charge in [-0.2, -0.15) is 0 Å².